The van der Waals surface area contributed by atoms with Crippen LogP contribution < -0.4 is 4.57 Å². The van der Waals surface area contributed by atoms with Crippen LogP contribution in [0, 0.1) is 0 Å². The van der Waals surface area contributed by atoms with Crippen LogP contribution in [0.1, 0.15) is 33.5 Å². The third kappa shape index (κ3) is 4.27. The summed E-state index contributed by atoms with van der Waals surface area (Å²) in [5.74, 6) is -1.98. The molecule has 0 fully saturated rings. The molecule has 1 heterocycles. The number of imidazole rings is 1. The van der Waals surface area contributed by atoms with Gasteiger partial charge in [-0.05, 0) is 12.5 Å². The van der Waals surface area contributed by atoms with Crippen molar-refractivity contribution in [1.29, 1.82) is 0 Å². The molecule has 138 valence electrons. The summed E-state index contributed by atoms with van der Waals surface area (Å²) in [5.41, 5.74) is 0.850. The summed E-state index contributed by atoms with van der Waals surface area (Å²) in [6.45, 7) is 1.97. The number of rotatable bonds is 7. The van der Waals surface area contributed by atoms with Crippen LogP contribution in [0.25, 0.3) is 0 Å². The maximum atomic E-state index is 12.3. The van der Waals surface area contributed by atoms with Gasteiger partial charge in [-0.15, -0.1) is 0 Å². The Morgan fingerprint density at radius 1 is 1.04 bits per heavy atom. The fourth-order valence-electron chi connectivity index (χ4n) is 2.54. The topological polar surface area (TPSA) is 87.7 Å². The molecule has 0 amide bonds. The smallest absolute Gasteiger partial charge is 0.383 e. The molecule has 2 aromatic rings. The van der Waals surface area contributed by atoms with Gasteiger partial charge in [-0.2, -0.15) is 0 Å². The van der Waals surface area contributed by atoms with E-state index in [4.69, 9.17) is 14.2 Å². The molecule has 0 spiro atoms. The minimum Gasteiger partial charge on any atom is -0.463 e. The number of carbonyl (C=O) groups excluding carboxylic acids is 3. The number of esters is 3. The highest BCUT2D eigenvalue weighted by Gasteiger charge is 2.36. The molecular weight excluding hydrogens is 340 g/mol. The lowest BCUT2D eigenvalue weighted by Crippen LogP contribution is -2.39. The Morgan fingerprint density at radius 3 is 2.27 bits per heavy atom. The van der Waals surface area contributed by atoms with Gasteiger partial charge in [0.2, 0.25) is 6.33 Å². The van der Waals surface area contributed by atoms with Crippen LogP contribution in [-0.2, 0) is 32.1 Å². The molecule has 0 bridgehead atoms. The lowest BCUT2D eigenvalue weighted by Gasteiger charge is -2.03. The van der Waals surface area contributed by atoms with Gasteiger partial charge in [0.25, 0.3) is 11.4 Å². The summed E-state index contributed by atoms with van der Waals surface area (Å²) in [7, 11) is 2.42. The third-order valence-electron chi connectivity index (χ3n) is 3.64. The maximum absolute atomic E-state index is 12.3. The molecule has 0 saturated carbocycles. The monoisotopic (exact) mass is 361 g/mol. The van der Waals surface area contributed by atoms with Crippen LogP contribution in [0.3, 0.4) is 0 Å². The summed E-state index contributed by atoms with van der Waals surface area (Å²) < 4.78 is 17.4. The minimum atomic E-state index is -0.749. The Bertz CT molecular complexity index is 798. The quantitative estimate of drug-likeness (QED) is 0.415. The van der Waals surface area contributed by atoms with Crippen molar-refractivity contribution in [3.8, 4) is 0 Å². The Hall–Kier alpha value is -3.16. The highest BCUT2D eigenvalue weighted by Crippen LogP contribution is 2.12. The Balaban J connectivity index is 2.54. The third-order valence-corrected chi connectivity index (χ3v) is 3.64. The van der Waals surface area contributed by atoms with Crippen molar-refractivity contribution >= 4 is 17.9 Å². The number of carbonyl (C=O) groups is 3. The van der Waals surface area contributed by atoms with Crippen LogP contribution in [-0.4, -0.2) is 43.3 Å². The molecule has 1 aromatic carbocycles. The van der Waals surface area contributed by atoms with E-state index in [0.717, 1.165) is 5.56 Å². The molecule has 1 aromatic heterocycles. The fraction of sp³-hybridized carbons (Fsp3) is 0.333. The van der Waals surface area contributed by atoms with Gasteiger partial charge in [0, 0.05) is 0 Å². The molecule has 0 saturated heterocycles. The van der Waals surface area contributed by atoms with Crippen molar-refractivity contribution < 1.29 is 33.2 Å². The van der Waals surface area contributed by atoms with Crippen LogP contribution in [0.5, 0.6) is 0 Å². The van der Waals surface area contributed by atoms with E-state index in [1.54, 1.807) is 11.5 Å². The lowest BCUT2D eigenvalue weighted by molar-refractivity contribution is -0.690. The summed E-state index contributed by atoms with van der Waals surface area (Å²) in [6, 6.07) is 9.37. The first-order valence-corrected chi connectivity index (χ1v) is 8.00. The van der Waals surface area contributed by atoms with Crippen LogP contribution in [0.4, 0.5) is 0 Å². The van der Waals surface area contributed by atoms with E-state index < -0.39 is 17.9 Å². The predicted molar refractivity (Wildman–Crippen MR) is 89.5 cm³/mol. The second-order valence-electron chi connectivity index (χ2n) is 5.34. The van der Waals surface area contributed by atoms with E-state index >= 15 is 0 Å². The first-order chi connectivity index (χ1) is 12.5. The van der Waals surface area contributed by atoms with Gasteiger partial charge >= 0.3 is 17.9 Å². The summed E-state index contributed by atoms with van der Waals surface area (Å²) in [4.78, 5) is 36.4. The van der Waals surface area contributed by atoms with Crippen LogP contribution >= 0.6 is 0 Å². The normalized spacial score (nSPS) is 10.3. The Kier molecular flexibility index (Phi) is 6.48. The molecule has 0 N–H and O–H groups in total. The zero-order valence-corrected chi connectivity index (χ0v) is 14.9. The van der Waals surface area contributed by atoms with Crippen molar-refractivity contribution in [2.75, 3.05) is 20.8 Å². The van der Waals surface area contributed by atoms with E-state index in [9.17, 15) is 14.4 Å². The Morgan fingerprint density at radius 2 is 1.69 bits per heavy atom. The molecule has 8 heteroatoms. The largest absolute Gasteiger partial charge is 0.463 e. The summed E-state index contributed by atoms with van der Waals surface area (Å²) >= 11 is 0. The summed E-state index contributed by atoms with van der Waals surface area (Å²) in [6.07, 6.45) is 1.50. The highest BCUT2D eigenvalue weighted by atomic mass is 16.5. The Labute approximate surface area is 150 Å². The van der Waals surface area contributed by atoms with Gasteiger partial charge in [-0.3, -0.25) is 0 Å². The molecule has 0 atom stereocenters. The van der Waals surface area contributed by atoms with Gasteiger partial charge in [0.15, 0.2) is 6.54 Å². The molecule has 0 unspecified atom stereocenters. The molecule has 0 aliphatic carbocycles. The van der Waals surface area contributed by atoms with Crippen molar-refractivity contribution in [2.24, 2.45) is 0 Å². The van der Waals surface area contributed by atoms with E-state index in [-0.39, 0.29) is 24.5 Å². The summed E-state index contributed by atoms with van der Waals surface area (Å²) in [5, 5.41) is 0. The van der Waals surface area contributed by atoms with E-state index in [1.165, 1.54) is 25.1 Å². The lowest BCUT2D eigenvalue weighted by atomic mass is 10.2. The molecule has 26 heavy (non-hydrogen) atoms. The van der Waals surface area contributed by atoms with Crippen molar-refractivity contribution in [3.05, 3.63) is 53.6 Å². The minimum absolute atomic E-state index is 0.00695. The van der Waals surface area contributed by atoms with Crippen LogP contribution in [0.15, 0.2) is 36.7 Å². The highest BCUT2D eigenvalue weighted by molar-refractivity contribution is 5.99. The molecule has 0 aliphatic heterocycles. The van der Waals surface area contributed by atoms with Gasteiger partial charge < -0.3 is 14.2 Å². The molecular formula is C18H21N2O6+. The van der Waals surface area contributed by atoms with Crippen molar-refractivity contribution in [2.45, 2.75) is 20.0 Å². The average molecular weight is 361 g/mol. The second-order valence-corrected chi connectivity index (χ2v) is 5.34. The first kappa shape index (κ1) is 19.2. The number of benzene rings is 1. The van der Waals surface area contributed by atoms with E-state index in [0.29, 0.717) is 6.54 Å². The van der Waals surface area contributed by atoms with Gasteiger partial charge in [0.05, 0.1) is 20.8 Å². The average Bonchev–Trinajstić information content (AvgIpc) is 2.98. The number of aromatic nitrogens is 2. The SMILES string of the molecule is CCOC(=O)Cn1c[n+](Cc2ccccc2)c(C(=O)OC)c1C(=O)OC. The number of ether oxygens (including phenoxy) is 3. The second kappa shape index (κ2) is 8.80. The predicted octanol–water partition coefficient (Wildman–Crippen LogP) is 0.960. The van der Waals surface area contributed by atoms with Gasteiger partial charge in [0.1, 0.15) is 6.54 Å². The molecule has 8 nitrogen and oxygen atoms in total. The van der Waals surface area contributed by atoms with Crippen molar-refractivity contribution in [3.63, 3.8) is 0 Å². The first-order valence-electron chi connectivity index (χ1n) is 8.00. The number of hydrogen-bond donors (Lipinski definition) is 0. The number of methoxy groups -OCH3 is 2. The van der Waals surface area contributed by atoms with Gasteiger partial charge in [-0.1, -0.05) is 30.3 Å². The van der Waals surface area contributed by atoms with Gasteiger partial charge in [-0.25, -0.2) is 23.5 Å². The van der Waals surface area contributed by atoms with E-state index in [1.807, 2.05) is 30.3 Å². The zero-order valence-electron chi connectivity index (χ0n) is 14.9. The molecule has 0 aliphatic rings. The van der Waals surface area contributed by atoms with Crippen molar-refractivity contribution in [1.82, 2.24) is 4.57 Å². The maximum Gasteiger partial charge on any atom is 0.383 e. The number of hydrogen-bond acceptors (Lipinski definition) is 6. The zero-order chi connectivity index (χ0) is 19.1. The van der Waals surface area contributed by atoms with Crippen LogP contribution in [0.2, 0.25) is 0 Å². The molecule has 0 radical (unpaired) electrons. The molecule has 2 rings (SSSR count). The fourth-order valence-corrected chi connectivity index (χ4v) is 2.54. The number of nitrogens with zero attached hydrogens (tertiary/aromatic N) is 2. The van der Waals surface area contributed by atoms with E-state index in [2.05, 4.69) is 0 Å². The standard InChI is InChI=1S/C18H21N2O6/c1-4-26-14(21)11-20-12-19(10-13-8-6-5-7-9-13)15(17(22)24-2)16(20)18(23)25-3/h5-9,12H,4,10-11H2,1-3H3/q+1.